The number of nitrogens with zero attached hydrogens (tertiary/aromatic N) is 2. The maximum Gasteiger partial charge on any atom is 0.407 e. The van der Waals surface area contributed by atoms with Crippen LogP contribution in [0.5, 0.6) is 0 Å². The predicted molar refractivity (Wildman–Crippen MR) is 98.9 cm³/mol. The Morgan fingerprint density at radius 2 is 2.12 bits per heavy atom. The maximum absolute atomic E-state index is 11.6. The molecule has 0 aliphatic carbocycles. The number of guanidine groups is 1. The minimum absolute atomic E-state index is 0.328. The summed E-state index contributed by atoms with van der Waals surface area (Å²) in [6.45, 7) is 13.6. The lowest BCUT2D eigenvalue weighted by molar-refractivity contribution is 0.0527. The quantitative estimate of drug-likeness (QED) is 0.449. The third-order valence-corrected chi connectivity index (χ3v) is 4.52. The number of carbonyl (C=O) groups excluding carboxylic acids is 1. The number of alkyl carbamates (subject to hydrolysis) is 1. The molecule has 2 heterocycles. The van der Waals surface area contributed by atoms with Gasteiger partial charge in [0.25, 0.3) is 0 Å². The van der Waals surface area contributed by atoms with E-state index in [4.69, 9.17) is 14.5 Å². The highest BCUT2D eigenvalue weighted by Crippen LogP contribution is 2.38. The van der Waals surface area contributed by atoms with E-state index >= 15 is 0 Å². The highest BCUT2D eigenvalue weighted by molar-refractivity contribution is 5.80. The average molecular weight is 354 g/mol. The van der Waals surface area contributed by atoms with Crippen LogP contribution >= 0.6 is 0 Å². The van der Waals surface area contributed by atoms with Gasteiger partial charge in [-0.25, -0.2) is 4.79 Å². The Kier molecular flexibility index (Phi) is 6.93. The summed E-state index contributed by atoms with van der Waals surface area (Å²) in [6.07, 6.45) is 2.75. The fraction of sp³-hybridized carbons (Fsp3) is 0.889. The molecule has 0 aromatic heterocycles. The van der Waals surface area contributed by atoms with Crippen molar-refractivity contribution in [1.29, 1.82) is 0 Å². The fourth-order valence-corrected chi connectivity index (χ4v) is 3.28. The van der Waals surface area contributed by atoms with Gasteiger partial charge in [-0.15, -0.1) is 0 Å². The molecule has 2 aliphatic rings. The zero-order valence-corrected chi connectivity index (χ0v) is 16.2. The summed E-state index contributed by atoms with van der Waals surface area (Å²) in [5.41, 5.74) is -0.134. The first-order valence-electron chi connectivity index (χ1n) is 9.41. The van der Waals surface area contributed by atoms with E-state index in [1.807, 2.05) is 20.8 Å². The van der Waals surface area contributed by atoms with Gasteiger partial charge < -0.3 is 25.0 Å². The summed E-state index contributed by atoms with van der Waals surface area (Å²) in [5, 5.41) is 6.16. The maximum atomic E-state index is 11.6. The van der Waals surface area contributed by atoms with Crippen molar-refractivity contribution in [3.63, 3.8) is 0 Å². The van der Waals surface area contributed by atoms with Gasteiger partial charge in [-0.2, -0.15) is 0 Å². The van der Waals surface area contributed by atoms with Crippen LogP contribution in [-0.4, -0.2) is 68.5 Å². The molecule has 2 saturated heterocycles. The van der Waals surface area contributed by atoms with Crippen molar-refractivity contribution in [2.24, 2.45) is 10.4 Å². The smallest absolute Gasteiger partial charge is 0.407 e. The fourth-order valence-electron chi connectivity index (χ4n) is 3.28. The number of aliphatic imine (C=N–C) groups is 1. The molecule has 0 bridgehead atoms. The van der Waals surface area contributed by atoms with E-state index in [0.29, 0.717) is 18.5 Å². The molecule has 25 heavy (non-hydrogen) atoms. The van der Waals surface area contributed by atoms with E-state index in [2.05, 4.69) is 22.5 Å². The molecular formula is C18H34N4O3. The van der Waals surface area contributed by atoms with Gasteiger partial charge in [0, 0.05) is 44.7 Å². The van der Waals surface area contributed by atoms with E-state index < -0.39 is 5.60 Å². The molecule has 2 fully saturated rings. The topological polar surface area (TPSA) is 75.2 Å². The second-order valence-electron chi connectivity index (χ2n) is 7.99. The third-order valence-electron chi connectivity index (χ3n) is 4.52. The van der Waals surface area contributed by atoms with Gasteiger partial charge in [0.2, 0.25) is 0 Å². The van der Waals surface area contributed by atoms with Crippen molar-refractivity contribution in [2.75, 3.05) is 45.9 Å². The van der Waals surface area contributed by atoms with Gasteiger partial charge in [-0.05, 0) is 47.0 Å². The highest BCUT2D eigenvalue weighted by Gasteiger charge is 2.42. The van der Waals surface area contributed by atoms with Crippen LogP contribution in [0.2, 0.25) is 0 Å². The number of likely N-dealkylation sites (tertiary alicyclic amines) is 1. The number of amides is 1. The third kappa shape index (κ3) is 6.38. The molecular weight excluding hydrogens is 320 g/mol. The standard InChI is InChI=1S/C18H34N4O3/c1-5-19-15(22-11-7-18(13-22)8-12-24-14-18)20-9-6-10-21-16(23)25-17(2,3)4/h5-14H2,1-4H3,(H,19,20)(H,21,23). The number of hydrogen-bond donors (Lipinski definition) is 2. The highest BCUT2D eigenvalue weighted by atomic mass is 16.6. The Bertz CT molecular complexity index is 467. The Morgan fingerprint density at radius 3 is 2.76 bits per heavy atom. The number of hydrogen-bond acceptors (Lipinski definition) is 4. The van der Waals surface area contributed by atoms with Crippen LogP contribution in [0.15, 0.2) is 4.99 Å². The van der Waals surface area contributed by atoms with Gasteiger partial charge in [0.05, 0.1) is 6.61 Å². The molecule has 0 saturated carbocycles. The lowest BCUT2D eigenvalue weighted by atomic mass is 9.87. The zero-order valence-electron chi connectivity index (χ0n) is 16.2. The molecule has 2 rings (SSSR count). The van der Waals surface area contributed by atoms with Gasteiger partial charge >= 0.3 is 6.09 Å². The largest absolute Gasteiger partial charge is 0.444 e. The second-order valence-corrected chi connectivity index (χ2v) is 7.99. The molecule has 0 radical (unpaired) electrons. The molecule has 0 aromatic carbocycles. The van der Waals surface area contributed by atoms with Crippen molar-refractivity contribution >= 4 is 12.1 Å². The van der Waals surface area contributed by atoms with Crippen LogP contribution < -0.4 is 10.6 Å². The summed E-state index contributed by atoms with van der Waals surface area (Å²) in [7, 11) is 0. The van der Waals surface area contributed by atoms with Crippen LogP contribution in [0.25, 0.3) is 0 Å². The van der Waals surface area contributed by atoms with Crippen molar-refractivity contribution in [1.82, 2.24) is 15.5 Å². The Morgan fingerprint density at radius 1 is 1.32 bits per heavy atom. The molecule has 144 valence electrons. The zero-order chi connectivity index (χ0) is 18.3. The summed E-state index contributed by atoms with van der Waals surface area (Å²) >= 11 is 0. The number of nitrogens with one attached hydrogen (secondary N) is 2. The molecule has 1 amide bonds. The molecule has 1 atom stereocenters. The molecule has 7 heteroatoms. The van der Waals surface area contributed by atoms with Gasteiger partial charge in [-0.3, -0.25) is 4.99 Å². The van der Waals surface area contributed by atoms with Crippen molar-refractivity contribution in [2.45, 2.75) is 52.6 Å². The van der Waals surface area contributed by atoms with Crippen molar-refractivity contribution < 1.29 is 14.3 Å². The van der Waals surface area contributed by atoms with Crippen LogP contribution in [-0.2, 0) is 9.47 Å². The van der Waals surface area contributed by atoms with E-state index in [1.54, 1.807) is 0 Å². The molecule has 2 aliphatic heterocycles. The average Bonchev–Trinajstić information content (AvgIpc) is 3.14. The van der Waals surface area contributed by atoms with E-state index in [-0.39, 0.29) is 6.09 Å². The number of rotatable bonds is 5. The monoisotopic (exact) mass is 354 g/mol. The lowest BCUT2D eigenvalue weighted by Crippen LogP contribution is -2.41. The van der Waals surface area contributed by atoms with E-state index in [1.165, 1.54) is 6.42 Å². The van der Waals surface area contributed by atoms with Gasteiger partial charge in [0.15, 0.2) is 5.96 Å². The van der Waals surface area contributed by atoms with Crippen LogP contribution in [0, 0.1) is 5.41 Å². The Hall–Kier alpha value is -1.50. The molecule has 1 spiro atoms. The van der Waals surface area contributed by atoms with Crippen LogP contribution in [0.3, 0.4) is 0 Å². The summed E-state index contributed by atoms with van der Waals surface area (Å²) in [5.74, 6) is 0.976. The normalized spacial score (nSPS) is 24.0. The SMILES string of the molecule is CCNC(=NCCCNC(=O)OC(C)(C)C)N1CCC2(CCOC2)C1. The van der Waals surface area contributed by atoms with Crippen LogP contribution in [0.4, 0.5) is 4.79 Å². The summed E-state index contributed by atoms with van der Waals surface area (Å²) < 4.78 is 10.8. The molecule has 2 N–H and O–H groups in total. The first-order valence-corrected chi connectivity index (χ1v) is 9.41. The van der Waals surface area contributed by atoms with Gasteiger partial charge in [0.1, 0.15) is 5.60 Å². The van der Waals surface area contributed by atoms with Crippen molar-refractivity contribution in [3.05, 3.63) is 0 Å². The van der Waals surface area contributed by atoms with Gasteiger partial charge in [-0.1, -0.05) is 0 Å². The summed E-state index contributed by atoms with van der Waals surface area (Å²) in [6, 6.07) is 0. The van der Waals surface area contributed by atoms with Crippen molar-refractivity contribution in [3.8, 4) is 0 Å². The first kappa shape index (κ1) is 19.8. The lowest BCUT2D eigenvalue weighted by Gasteiger charge is -2.25. The number of carbonyl (C=O) groups is 1. The van der Waals surface area contributed by atoms with E-state index in [0.717, 1.165) is 51.6 Å². The second kappa shape index (κ2) is 8.74. The summed E-state index contributed by atoms with van der Waals surface area (Å²) in [4.78, 5) is 18.7. The molecule has 0 aromatic rings. The molecule has 7 nitrogen and oxygen atoms in total. The predicted octanol–water partition coefficient (Wildman–Crippen LogP) is 1.98. The van der Waals surface area contributed by atoms with E-state index in [9.17, 15) is 4.79 Å². The molecule has 1 unspecified atom stereocenters. The Balaban J connectivity index is 1.74. The van der Waals surface area contributed by atoms with Crippen LogP contribution in [0.1, 0.15) is 47.0 Å². The minimum atomic E-state index is -0.462. The number of ether oxygens (including phenoxy) is 2. The first-order chi connectivity index (χ1) is 11.8. The minimum Gasteiger partial charge on any atom is -0.444 e. The Labute approximate surface area is 151 Å².